The van der Waals surface area contributed by atoms with Gasteiger partial charge in [-0.25, -0.2) is 4.98 Å². The second-order valence-electron chi connectivity index (χ2n) is 8.04. The predicted molar refractivity (Wildman–Crippen MR) is 114 cm³/mol. The van der Waals surface area contributed by atoms with E-state index in [4.69, 9.17) is 16.6 Å². The largest absolute Gasteiger partial charge is 0.416 e. The molecule has 0 bridgehead atoms. The van der Waals surface area contributed by atoms with Crippen molar-refractivity contribution < 1.29 is 13.2 Å². The Kier molecular flexibility index (Phi) is 4.77. The van der Waals surface area contributed by atoms with Crippen molar-refractivity contribution in [2.45, 2.75) is 25.9 Å². The molecule has 0 amide bonds. The number of alkyl halides is 3. The molecule has 31 heavy (non-hydrogen) atoms. The first-order chi connectivity index (χ1) is 14.8. The molecule has 1 atom stereocenters. The van der Waals surface area contributed by atoms with Gasteiger partial charge in [-0.3, -0.25) is 0 Å². The molecular weight excluding hydrogens is 427 g/mol. The average molecular weight is 446 g/mol. The quantitative estimate of drug-likeness (QED) is 0.388. The van der Waals surface area contributed by atoms with Gasteiger partial charge in [-0.2, -0.15) is 17.7 Å². The molecule has 0 unspecified atom stereocenters. The number of hydrogen-bond acceptors (Lipinski definition) is 4. The molecule has 160 valence electrons. The lowest BCUT2D eigenvalue weighted by Gasteiger charge is -2.32. The lowest BCUT2D eigenvalue weighted by molar-refractivity contribution is -0.137. The highest BCUT2D eigenvalue weighted by molar-refractivity contribution is 6.31. The summed E-state index contributed by atoms with van der Waals surface area (Å²) in [5.74, 6) is 1.28. The minimum Gasteiger partial charge on any atom is -0.356 e. The van der Waals surface area contributed by atoms with E-state index >= 15 is 0 Å². The molecule has 1 saturated heterocycles. The minimum atomic E-state index is -4.44. The van der Waals surface area contributed by atoms with Gasteiger partial charge in [-0.15, -0.1) is 5.10 Å². The van der Waals surface area contributed by atoms with E-state index in [1.165, 1.54) is 6.07 Å². The molecule has 1 aliphatic heterocycles. The van der Waals surface area contributed by atoms with Gasteiger partial charge in [0.1, 0.15) is 11.5 Å². The summed E-state index contributed by atoms with van der Waals surface area (Å²) in [4.78, 5) is 7.07. The van der Waals surface area contributed by atoms with Crippen molar-refractivity contribution in [3.8, 4) is 11.3 Å². The van der Waals surface area contributed by atoms with Crippen LogP contribution in [0.5, 0.6) is 0 Å². The van der Waals surface area contributed by atoms with E-state index in [1.807, 2.05) is 12.1 Å². The average Bonchev–Trinajstić information content (AvgIpc) is 3.16. The molecule has 5 nitrogen and oxygen atoms in total. The van der Waals surface area contributed by atoms with Gasteiger partial charge < -0.3 is 4.90 Å². The fraction of sp³-hybridized carbons (Fsp3) is 0.318. The first-order valence-corrected chi connectivity index (χ1v) is 10.5. The van der Waals surface area contributed by atoms with Crippen LogP contribution in [0, 0.1) is 5.92 Å². The lowest BCUT2D eigenvalue weighted by atomic mass is 10.00. The highest BCUT2D eigenvalue weighted by Crippen LogP contribution is 2.35. The zero-order valence-electron chi connectivity index (χ0n) is 16.7. The van der Waals surface area contributed by atoms with Crippen molar-refractivity contribution in [3.63, 3.8) is 0 Å². The normalized spacial score (nSPS) is 17.6. The summed E-state index contributed by atoms with van der Waals surface area (Å²) in [6.07, 6.45) is -2.24. The van der Waals surface area contributed by atoms with Crippen LogP contribution in [0.3, 0.4) is 0 Å². The molecule has 0 aliphatic carbocycles. The van der Waals surface area contributed by atoms with Crippen LogP contribution < -0.4 is 4.90 Å². The monoisotopic (exact) mass is 445 g/mol. The summed E-state index contributed by atoms with van der Waals surface area (Å²) in [6, 6.07) is 10.5. The topological polar surface area (TPSA) is 46.3 Å². The van der Waals surface area contributed by atoms with Gasteiger partial charge in [0.15, 0.2) is 5.65 Å². The Bertz CT molecular complexity index is 1280. The zero-order chi connectivity index (χ0) is 21.8. The molecule has 1 fully saturated rings. The Hall–Kier alpha value is -2.87. The zero-order valence-corrected chi connectivity index (χ0v) is 17.5. The first-order valence-electron chi connectivity index (χ1n) is 10.1. The standard InChI is InChI=1S/C22H19ClF3N5/c1-13-4-3-9-30(12-13)20-17-11-16(23)7-8-18(17)31-21(27-20)19(28-29-31)14-5-2-6-15(10-14)22(24,25)26/h2,5-8,10-11,13H,3-4,9,12H2,1H3/t13-/m1/s1. The number of hydrogen-bond donors (Lipinski definition) is 0. The van der Waals surface area contributed by atoms with Crippen LogP contribution in [-0.4, -0.2) is 32.9 Å². The molecule has 3 heterocycles. The summed E-state index contributed by atoms with van der Waals surface area (Å²) >= 11 is 6.27. The van der Waals surface area contributed by atoms with Crippen LogP contribution in [0.2, 0.25) is 5.02 Å². The smallest absolute Gasteiger partial charge is 0.356 e. The van der Waals surface area contributed by atoms with Gasteiger partial charge in [0.05, 0.1) is 11.1 Å². The number of anilines is 1. The summed E-state index contributed by atoms with van der Waals surface area (Å²) < 4.78 is 41.3. The Morgan fingerprint density at radius 3 is 2.74 bits per heavy atom. The first kappa shape index (κ1) is 20.1. The van der Waals surface area contributed by atoms with Gasteiger partial charge in [0, 0.05) is 29.1 Å². The molecule has 5 rings (SSSR count). The van der Waals surface area contributed by atoms with Crippen LogP contribution in [0.4, 0.5) is 19.0 Å². The van der Waals surface area contributed by atoms with E-state index < -0.39 is 11.7 Å². The Morgan fingerprint density at radius 2 is 1.97 bits per heavy atom. The molecular formula is C22H19ClF3N5. The van der Waals surface area contributed by atoms with E-state index in [2.05, 4.69) is 22.1 Å². The highest BCUT2D eigenvalue weighted by atomic mass is 35.5. The third-order valence-corrected chi connectivity index (χ3v) is 5.94. The van der Waals surface area contributed by atoms with E-state index in [9.17, 15) is 13.2 Å². The van der Waals surface area contributed by atoms with Gasteiger partial charge in [0.2, 0.25) is 0 Å². The molecule has 0 radical (unpaired) electrons. The van der Waals surface area contributed by atoms with Crippen LogP contribution in [-0.2, 0) is 6.18 Å². The van der Waals surface area contributed by atoms with Gasteiger partial charge >= 0.3 is 6.18 Å². The van der Waals surface area contributed by atoms with Gasteiger partial charge in [-0.1, -0.05) is 35.9 Å². The van der Waals surface area contributed by atoms with Crippen LogP contribution in [0.25, 0.3) is 27.8 Å². The SMILES string of the molecule is C[C@@H]1CCCN(c2nc3c(-c4cccc(C(F)(F)F)c4)nnn3c3ccc(Cl)cc23)C1. The third kappa shape index (κ3) is 3.59. The second-order valence-corrected chi connectivity index (χ2v) is 8.48. The molecule has 1 aliphatic rings. The van der Waals surface area contributed by atoms with E-state index in [0.29, 0.717) is 27.8 Å². The Morgan fingerprint density at radius 1 is 1.13 bits per heavy atom. The number of piperidine rings is 1. The number of benzene rings is 2. The minimum absolute atomic E-state index is 0.314. The van der Waals surface area contributed by atoms with Crippen LogP contribution in [0.15, 0.2) is 42.5 Å². The third-order valence-electron chi connectivity index (χ3n) is 5.71. The van der Waals surface area contributed by atoms with Crippen molar-refractivity contribution in [2.75, 3.05) is 18.0 Å². The Balaban J connectivity index is 1.75. The van der Waals surface area contributed by atoms with Gasteiger partial charge in [0.25, 0.3) is 0 Å². The number of nitrogens with zero attached hydrogens (tertiary/aromatic N) is 5. The maximum absolute atomic E-state index is 13.2. The Labute approximate surface area is 181 Å². The molecule has 0 saturated carbocycles. The van der Waals surface area contributed by atoms with E-state index in [-0.39, 0.29) is 0 Å². The highest BCUT2D eigenvalue weighted by Gasteiger charge is 2.31. The summed E-state index contributed by atoms with van der Waals surface area (Å²) in [5, 5.41) is 9.83. The van der Waals surface area contributed by atoms with Crippen molar-refractivity contribution in [3.05, 3.63) is 53.1 Å². The van der Waals surface area contributed by atoms with Crippen LogP contribution in [0.1, 0.15) is 25.3 Å². The second kappa shape index (κ2) is 7.37. The van der Waals surface area contributed by atoms with Crippen molar-refractivity contribution >= 4 is 34.0 Å². The van der Waals surface area contributed by atoms with E-state index in [0.717, 1.165) is 54.8 Å². The molecule has 4 aromatic rings. The maximum Gasteiger partial charge on any atom is 0.416 e. The summed E-state index contributed by atoms with van der Waals surface area (Å²) in [7, 11) is 0. The lowest BCUT2D eigenvalue weighted by Crippen LogP contribution is -2.35. The van der Waals surface area contributed by atoms with Crippen molar-refractivity contribution in [1.82, 2.24) is 19.8 Å². The van der Waals surface area contributed by atoms with Crippen molar-refractivity contribution in [1.29, 1.82) is 0 Å². The number of rotatable bonds is 2. The number of aromatic nitrogens is 4. The molecule has 0 N–H and O–H groups in total. The fourth-order valence-corrected chi connectivity index (χ4v) is 4.40. The molecule has 0 spiro atoms. The van der Waals surface area contributed by atoms with Crippen LogP contribution >= 0.6 is 11.6 Å². The van der Waals surface area contributed by atoms with Crippen molar-refractivity contribution in [2.24, 2.45) is 5.92 Å². The summed E-state index contributed by atoms with van der Waals surface area (Å²) in [6.45, 7) is 3.91. The molecule has 2 aromatic heterocycles. The maximum atomic E-state index is 13.2. The predicted octanol–water partition coefficient (Wildman–Crippen LogP) is 5.85. The molecule has 9 heteroatoms. The number of fused-ring (bicyclic) bond motifs is 3. The van der Waals surface area contributed by atoms with E-state index in [1.54, 1.807) is 16.6 Å². The number of halogens is 4. The van der Waals surface area contributed by atoms with Gasteiger partial charge in [-0.05, 0) is 49.1 Å². The summed E-state index contributed by atoms with van der Waals surface area (Å²) in [5.41, 5.74) is 1.08. The fourth-order valence-electron chi connectivity index (χ4n) is 4.22. The molecule has 2 aromatic carbocycles.